The quantitative estimate of drug-likeness (QED) is 0.731. The third-order valence-corrected chi connectivity index (χ3v) is 3.72. The van der Waals surface area contributed by atoms with Gasteiger partial charge >= 0.3 is 0 Å². The summed E-state index contributed by atoms with van der Waals surface area (Å²) in [5.41, 5.74) is 2.45. The van der Waals surface area contributed by atoms with Gasteiger partial charge in [-0.15, -0.1) is 0 Å². The first-order valence-corrected chi connectivity index (χ1v) is 7.52. The van der Waals surface area contributed by atoms with E-state index in [2.05, 4.69) is 61.9 Å². The van der Waals surface area contributed by atoms with Gasteiger partial charge in [-0.2, -0.15) is 5.26 Å². The molecule has 1 aromatic rings. The molecule has 0 saturated carbocycles. The molecule has 17 heavy (non-hydrogen) atoms. The molecular formula is C13H16Br2N2. The normalized spacial score (nSPS) is 11.9. The Balaban J connectivity index is 2.99. The Bertz CT molecular complexity index is 412. The maximum atomic E-state index is 8.90. The molecule has 0 aromatic heterocycles. The van der Waals surface area contributed by atoms with E-state index >= 15 is 0 Å². The van der Waals surface area contributed by atoms with Crippen LogP contribution in [0, 0.1) is 17.2 Å². The van der Waals surface area contributed by atoms with Crippen LogP contribution >= 0.6 is 31.9 Å². The van der Waals surface area contributed by atoms with Crippen LogP contribution in [-0.2, 0) is 5.33 Å². The van der Waals surface area contributed by atoms with Gasteiger partial charge < -0.3 is 4.90 Å². The van der Waals surface area contributed by atoms with Crippen LogP contribution in [0.3, 0.4) is 0 Å². The third-order valence-electron chi connectivity index (χ3n) is 2.62. The van der Waals surface area contributed by atoms with Crippen molar-refractivity contribution in [1.29, 1.82) is 5.26 Å². The van der Waals surface area contributed by atoms with Gasteiger partial charge in [0.1, 0.15) is 0 Å². The molecule has 0 N–H and O–H groups in total. The highest BCUT2D eigenvalue weighted by Gasteiger charge is 2.12. The first-order chi connectivity index (χ1) is 8.12. The summed E-state index contributed by atoms with van der Waals surface area (Å²) in [5, 5.41) is 9.72. The molecule has 0 heterocycles. The van der Waals surface area contributed by atoms with Crippen molar-refractivity contribution >= 4 is 37.5 Å². The summed E-state index contributed by atoms with van der Waals surface area (Å²) in [6.07, 6.45) is 0. The predicted octanol–water partition coefficient (Wildman–Crippen LogP) is 4.33. The summed E-state index contributed by atoms with van der Waals surface area (Å²) < 4.78 is 1.08. The summed E-state index contributed by atoms with van der Waals surface area (Å²) in [6.45, 7) is 5.75. The Hall–Kier alpha value is -0.530. The van der Waals surface area contributed by atoms with Gasteiger partial charge in [0.05, 0.1) is 12.0 Å². The Labute approximate surface area is 120 Å². The monoisotopic (exact) mass is 358 g/mol. The molecular weight excluding hydrogens is 344 g/mol. The summed E-state index contributed by atoms with van der Waals surface area (Å²) >= 11 is 6.99. The summed E-state index contributed by atoms with van der Waals surface area (Å²) in [7, 11) is 0. The van der Waals surface area contributed by atoms with E-state index in [4.69, 9.17) is 5.26 Å². The highest BCUT2D eigenvalue weighted by Crippen LogP contribution is 2.27. The van der Waals surface area contributed by atoms with E-state index in [1.807, 2.05) is 13.0 Å². The molecule has 4 heteroatoms. The molecule has 0 radical (unpaired) electrons. The van der Waals surface area contributed by atoms with Crippen molar-refractivity contribution in [2.24, 2.45) is 5.92 Å². The molecule has 1 rings (SSSR count). The molecule has 0 aliphatic carbocycles. The lowest BCUT2D eigenvalue weighted by Gasteiger charge is -2.26. The van der Waals surface area contributed by atoms with E-state index in [0.717, 1.165) is 22.9 Å². The molecule has 0 bridgehead atoms. The van der Waals surface area contributed by atoms with E-state index < -0.39 is 0 Å². The molecule has 0 saturated heterocycles. The van der Waals surface area contributed by atoms with Crippen molar-refractivity contribution in [3.63, 3.8) is 0 Å². The fraction of sp³-hybridized carbons (Fsp3) is 0.462. The van der Waals surface area contributed by atoms with Crippen LogP contribution in [0.4, 0.5) is 5.69 Å². The lowest BCUT2D eigenvalue weighted by atomic mass is 10.1. The minimum absolute atomic E-state index is 0.0433. The van der Waals surface area contributed by atoms with Gasteiger partial charge in [-0.05, 0) is 37.6 Å². The Morgan fingerprint density at radius 2 is 2.18 bits per heavy atom. The number of nitrogens with zero attached hydrogens (tertiary/aromatic N) is 2. The summed E-state index contributed by atoms with van der Waals surface area (Å²) in [6, 6.07) is 8.55. The average molecular weight is 360 g/mol. The zero-order valence-corrected chi connectivity index (χ0v) is 13.3. The fourth-order valence-electron chi connectivity index (χ4n) is 1.74. The minimum Gasteiger partial charge on any atom is -0.370 e. The maximum Gasteiger partial charge on any atom is 0.0671 e. The van der Waals surface area contributed by atoms with E-state index in [-0.39, 0.29) is 5.92 Å². The number of benzene rings is 1. The molecule has 1 aromatic carbocycles. The maximum absolute atomic E-state index is 8.90. The van der Waals surface area contributed by atoms with Crippen LogP contribution in [0.25, 0.3) is 0 Å². The van der Waals surface area contributed by atoms with Crippen molar-refractivity contribution in [1.82, 2.24) is 0 Å². The smallest absolute Gasteiger partial charge is 0.0671 e. The number of rotatable bonds is 5. The second-order valence-corrected chi connectivity index (χ2v) is 5.45. The van der Waals surface area contributed by atoms with Gasteiger partial charge in [0.15, 0.2) is 0 Å². The lowest BCUT2D eigenvalue weighted by molar-refractivity contribution is 0.685. The Kier molecular flexibility index (Phi) is 6.01. The number of alkyl halides is 1. The van der Waals surface area contributed by atoms with Gasteiger partial charge in [0, 0.05) is 28.6 Å². The van der Waals surface area contributed by atoms with Crippen LogP contribution in [0.15, 0.2) is 22.7 Å². The molecule has 1 unspecified atom stereocenters. The number of hydrogen-bond donors (Lipinski definition) is 0. The van der Waals surface area contributed by atoms with Crippen molar-refractivity contribution < 1.29 is 0 Å². The lowest BCUT2D eigenvalue weighted by Crippen LogP contribution is -2.28. The largest absolute Gasteiger partial charge is 0.370 e. The van der Waals surface area contributed by atoms with Gasteiger partial charge in [0.2, 0.25) is 0 Å². The van der Waals surface area contributed by atoms with Crippen molar-refractivity contribution in [2.45, 2.75) is 19.2 Å². The Morgan fingerprint density at radius 3 is 2.71 bits per heavy atom. The van der Waals surface area contributed by atoms with Crippen LogP contribution < -0.4 is 4.90 Å². The highest BCUT2D eigenvalue weighted by atomic mass is 79.9. The first kappa shape index (κ1) is 14.5. The topological polar surface area (TPSA) is 27.0 Å². The van der Waals surface area contributed by atoms with Crippen LogP contribution in [-0.4, -0.2) is 13.1 Å². The molecule has 92 valence electrons. The van der Waals surface area contributed by atoms with E-state index in [0.29, 0.717) is 0 Å². The molecule has 0 aliphatic heterocycles. The first-order valence-electron chi connectivity index (χ1n) is 5.61. The van der Waals surface area contributed by atoms with Gasteiger partial charge in [-0.1, -0.05) is 31.9 Å². The van der Waals surface area contributed by atoms with Crippen molar-refractivity contribution in [3.05, 3.63) is 28.2 Å². The number of nitriles is 1. The second-order valence-electron chi connectivity index (χ2n) is 3.98. The van der Waals surface area contributed by atoms with Gasteiger partial charge in [0.25, 0.3) is 0 Å². The number of halogens is 2. The van der Waals surface area contributed by atoms with Crippen molar-refractivity contribution in [3.8, 4) is 6.07 Å². The second kappa shape index (κ2) is 7.03. The third kappa shape index (κ3) is 4.01. The molecule has 0 aliphatic rings. The van der Waals surface area contributed by atoms with Gasteiger partial charge in [-0.25, -0.2) is 0 Å². The predicted molar refractivity (Wildman–Crippen MR) is 79.4 cm³/mol. The standard InChI is InChI=1S/C13H16Br2N2/c1-3-17(9-10(2)8-16)13-5-4-12(15)6-11(13)7-14/h4-6,10H,3,7,9H2,1-2H3. The Morgan fingerprint density at radius 1 is 1.47 bits per heavy atom. The zero-order chi connectivity index (χ0) is 12.8. The number of anilines is 1. The number of hydrogen-bond acceptors (Lipinski definition) is 2. The van der Waals surface area contributed by atoms with E-state index in [1.165, 1.54) is 11.3 Å². The highest BCUT2D eigenvalue weighted by molar-refractivity contribution is 9.10. The molecule has 1 atom stereocenters. The molecule has 0 fully saturated rings. The van der Waals surface area contributed by atoms with Crippen LogP contribution in [0.5, 0.6) is 0 Å². The SMILES string of the molecule is CCN(CC(C)C#N)c1ccc(Br)cc1CBr. The fourth-order valence-corrected chi connectivity index (χ4v) is 2.60. The van der Waals surface area contributed by atoms with E-state index in [9.17, 15) is 0 Å². The zero-order valence-electron chi connectivity index (χ0n) is 10.1. The summed E-state index contributed by atoms with van der Waals surface area (Å²) in [4.78, 5) is 2.25. The van der Waals surface area contributed by atoms with Crippen LogP contribution in [0.2, 0.25) is 0 Å². The van der Waals surface area contributed by atoms with Crippen LogP contribution in [0.1, 0.15) is 19.4 Å². The van der Waals surface area contributed by atoms with Gasteiger partial charge in [-0.3, -0.25) is 0 Å². The average Bonchev–Trinajstić information content (AvgIpc) is 2.35. The molecule has 0 spiro atoms. The summed E-state index contributed by atoms with van der Waals surface area (Å²) in [5.74, 6) is 0.0433. The van der Waals surface area contributed by atoms with Crippen molar-refractivity contribution in [2.75, 3.05) is 18.0 Å². The minimum atomic E-state index is 0.0433. The van der Waals surface area contributed by atoms with E-state index in [1.54, 1.807) is 0 Å². The molecule has 2 nitrogen and oxygen atoms in total. The molecule has 0 amide bonds.